The van der Waals surface area contributed by atoms with Crippen LogP contribution in [0.25, 0.3) is 11.1 Å². The van der Waals surface area contributed by atoms with Crippen LogP contribution in [0.3, 0.4) is 0 Å². The first kappa shape index (κ1) is 27.6. The van der Waals surface area contributed by atoms with Gasteiger partial charge in [0.15, 0.2) is 0 Å². The molecule has 3 aromatic rings. The van der Waals surface area contributed by atoms with Crippen molar-refractivity contribution in [2.45, 2.75) is 71.4 Å². The van der Waals surface area contributed by atoms with Gasteiger partial charge < -0.3 is 14.8 Å². The van der Waals surface area contributed by atoms with Crippen molar-refractivity contribution in [3.8, 4) is 16.9 Å². The van der Waals surface area contributed by atoms with E-state index in [1.807, 2.05) is 17.8 Å². The molecule has 1 unspecified atom stereocenters. The molecule has 39 heavy (non-hydrogen) atoms. The van der Waals surface area contributed by atoms with E-state index in [-0.39, 0.29) is 24.2 Å². The number of ether oxygens (including phenoxy) is 2. The van der Waals surface area contributed by atoms with Gasteiger partial charge >= 0.3 is 5.97 Å². The molecule has 5 rings (SSSR count). The normalized spacial score (nSPS) is 17.1. The number of halogens is 1. The Labute approximate surface area is 235 Å². The van der Waals surface area contributed by atoms with Crippen molar-refractivity contribution >= 4 is 23.4 Å². The van der Waals surface area contributed by atoms with Crippen molar-refractivity contribution in [3.05, 3.63) is 82.2 Å². The van der Waals surface area contributed by atoms with Crippen molar-refractivity contribution in [2.24, 2.45) is 0 Å². The van der Waals surface area contributed by atoms with Gasteiger partial charge in [-0.15, -0.1) is 0 Å². The first-order chi connectivity index (χ1) is 18.9. The lowest BCUT2D eigenvalue weighted by Crippen LogP contribution is -2.22. The quantitative estimate of drug-likeness (QED) is 0.275. The van der Waals surface area contributed by atoms with Gasteiger partial charge in [-0.25, -0.2) is 4.39 Å². The summed E-state index contributed by atoms with van der Waals surface area (Å²) in [4.78, 5) is 11.6. The number of benzene rings is 3. The van der Waals surface area contributed by atoms with E-state index in [4.69, 9.17) is 9.47 Å². The number of nitrogens with one attached hydrogen (secondary N) is 1. The molecule has 0 bridgehead atoms. The maximum atomic E-state index is 14.8. The molecule has 1 N–H and O–H groups in total. The molecule has 1 aliphatic carbocycles. The average Bonchev–Trinajstić information content (AvgIpc) is 3.32. The van der Waals surface area contributed by atoms with Gasteiger partial charge in [-0.05, 0) is 128 Å². The van der Waals surface area contributed by atoms with Gasteiger partial charge in [-0.1, -0.05) is 24.3 Å². The lowest BCUT2D eigenvalue weighted by molar-refractivity contribution is -0.143. The molecule has 0 amide bonds. The summed E-state index contributed by atoms with van der Waals surface area (Å²) in [6.07, 6.45) is 5.00. The minimum absolute atomic E-state index is 0.122. The summed E-state index contributed by atoms with van der Waals surface area (Å²) in [5.74, 6) is 2.74. The fraction of sp³-hybridized carbons (Fsp3) is 0.424. The Bertz CT molecular complexity index is 1310. The maximum Gasteiger partial charge on any atom is 0.306 e. The van der Waals surface area contributed by atoms with Crippen molar-refractivity contribution in [3.63, 3.8) is 0 Å². The Morgan fingerprint density at radius 2 is 1.82 bits per heavy atom. The van der Waals surface area contributed by atoms with Gasteiger partial charge in [0.05, 0.1) is 12.6 Å². The van der Waals surface area contributed by atoms with Crippen molar-refractivity contribution in [1.29, 1.82) is 0 Å². The number of thioether (sulfide) groups is 1. The van der Waals surface area contributed by atoms with Crippen LogP contribution in [-0.2, 0) is 22.4 Å². The molecule has 0 saturated carbocycles. The van der Waals surface area contributed by atoms with E-state index in [9.17, 15) is 9.18 Å². The summed E-state index contributed by atoms with van der Waals surface area (Å²) in [7, 11) is 0. The molecule has 0 spiro atoms. The largest absolute Gasteiger partial charge is 0.490 e. The number of fused-ring (bicyclic) bond motifs is 1. The third-order valence-electron chi connectivity index (χ3n) is 7.82. The predicted molar refractivity (Wildman–Crippen MR) is 158 cm³/mol. The molecule has 2 aliphatic rings. The van der Waals surface area contributed by atoms with E-state index in [1.54, 1.807) is 19.1 Å². The Morgan fingerprint density at radius 1 is 1.05 bits per heavy atom. The van der Waals surface area contributed by atoms with E-state index in [1.165, 1.54) is 44.9 Å². The summed E-state index contributed by atoms with van der Waals surface area (Å²) in [6, 6.07) is 16.3. The highest BCUT2D eigenvalue weighted by Crippen LogP contribution is 2.42. The first-order valence-corrected chi connectivity index (χ1v) is 15.3. The minimum atomic E-state index is -0.298. The van der Waals surface area contributed by atoms with Crippen LogP contribution in [0.15, 0.2) is 48.5 Å². The number of aryl methyl sites for hydroxylation is 3. The Kier molecular flexibility index (Phi) is 8.81. The smallest absolute Gasteiger partial charge is 0.306 e. The van der Waals surface area contributed by atoms with Crippen LogP contribution in [0, 0.1) is 19.7 Å². The number of hydrogen-bond acceptors (Lipinski definition) is 5. The number of carbonyl (C=O) groups excluding carboxylic acids is 1. The van der Waals surface area contributed by atoms with Gasteiger partial charge in [-0.2, -0.15) is 11.8 Å². The van der Waals surface area contributed by atoms with Gasteiger partial charge in [0.1, 0.15) is 17.7 Å². The molecular formula is C33H38FNO3S. The van der Waals surface area contributed by atoms with Crippen LogP contribution in [0.5, 0.6) is 5.75 Å². The van der Waals surface area contributed by atoms with Crippen LogP contribution in [0.1, 0.15) is 66.5 Å². The monoisotopic (exact) mass is 547 g/mol. The maximum absolute atomic E-state index is 14.8. The van der Waals surface area contributed by atoms with E-state index >= 15 is 0 Å². The lowest BCUT2D eigenvalue weighted by atomic mass is 9.90. The second-order valence-electron chi connectivity index (χ2n) is 10.6. The number of hydrogen-bond donors (Lipinski definition) is 1. The van der Waals surface area contributed by atoms with Crippen LogP contribution >= 0.6 is 11.8 Å². The Morgan fingerprint density at radius 3 is 2.54 bits per heavy atom. The topological polar surface area (TPSA) is 47.6 Å². The van der Waals surface area contributed by atoms with E-state index in [2.05, 4.69) is 49.5 Å². The van der Waals surface area contributed by atoms with Crippen LogP contribution in [-0.4, -0.2) is 30.2 Å². The third kappa shape index (κ3) is 6.43. The summed E-state index contributed by atoms with van der Waals surface area (Å²) in [5, 5.41) is 3.56. The van der Waals surface area contributed by atoms with Crippen molar-refractivity contribution in [2.75, 3.05) is 23.4 Å². The van der Waals surface area contributed by atoms with E-state index < -0.39 is 0 Å². The second kappa shape index (κ2) is 12.5. The zero-order chi connectivity index (χ0) is 27.4. The van der Waals surface area contributed by atoms with Gasteiger partial charge in [0.25, 0.3) is 0 Å². The summed E-state index contributed by atoms with van der Waals surface area (Å²) in [5.41, 5.74) is 8.97. The predicted octanol–water partition coefficient (Wildman–Crippen LogP) is 7.98. The zero-order valence-corrected chi connectivity index (χ0v) is 24.0. The summed E-state index contributed by atoms with van der Waals surface area (Å²) < 4.78 is 26.1. The first-order valence-electron chi connectivity index (χ1n) is 14.1. The number of esters is 1. The highest BCUT2D eigenvalue weighted by atomic mass is 32.2. The molecule has 0 radical (unpaired) electrons. The Balaban J connectivity index is 1.32. The highest BCUT2D eigenvalue weighted by Gasteiger charge is 2.26. The van der Waals surface area contributed by atoms with Crippen LogP contribution < -0.4 is 10.1 Å². The molecule has 4 nitrogen and oxygen atoms in total. The molecule has 1 saturated heterocycles. The van der Waals surface area contributed by atoms with E-state index in [0.29, 0.717) is 24.7 Å². The third-order valence-corrected chi connectivity index (χ3v) is 8.86. The molecule has 0 aromatic heterocycles. The zero-order valence-electron chi connectivity index (χ0n) is 23.1. The number of anilines is 1. The average molecular weight is 548 g/mol. The summed E-state index contributed by atoms with van der Waals surface area (Å²) >= 11 is 2.01. The number of rotatable bonds is 9. The summed E-state index contributed by atoms with van der Waals surface area (Å²) in [6.45, 7) is 6.48. The molecule has 1 heterocycles. The SMILES string of the molecule is CCOC(=O)CCc1ccc(NC2CCc3c(-c4c(C)cc(OC5CCSCC5)cc4C)cccc32)cc1F. The standard InChI is InChI=1S/C33H38FNO3S/c1-4-37-32(36)13-9-23-8-10-24(20-30(23)34)35-31-12-11-27-28(31)6-5-7-29(27)33-21(2)18-26(19-22(33)3)38-25-14-16-39-17-15-25/h5-8,10,18-20,25,31,35H,4,9,11-17H2,1-3H3. The second-order valence-corrected chi connectivity index (χ2v) is 11.8. The molecule has 206 valence electrons. The lowest BCUT2D eigenvalue weighted by Gasteiger charge is -2.24. The fourth-order valence-corrected chi connectivity index (χ4v) is 7.02. The molecular weight excluding hydrogens is 509 g/mol. The minimum Gasteiger partial charge on any atom is -0.490 e. The molecule has 1 atom stereocenters. The van der Waals surface area contributed by atoms with Crippen molar-refractivity contribution in [1.82, 2.24) is 0 Å². The number of carbonyl (C=O) groups is 1. The van der Waals surface area contributed by atoms with Crippen LogP contribution in [0.4, 0.5) is 10.1 Å². The van der Waals surface area contributed by atoms with Crippen LogP contribution in [0.2, 0.25) is 0 Å². The van der Waals surface area contributed by atoms with Gasteiger partial charge in [0.2, 0.25) is 0 Å². The highest BCUT2D eigenvalue weighted by molar-refractivity contribution is 7.99. The molecule has 1 aliphatic heterocycles. The molecule has 6 heteroatoms. The van der Waals surface area contributed by atoms with E-state index in [0.717, 1.165) is 37.1 Å². The van der Waals surface area contributed by atoms with Gasteiger partial charge in [-0.3, -0.25) is 4.79 Å². The van der Waals surface area contributed by atoms with Crippen molar-refractivity contribution < 1.29 is 18.7 Å². The fourth-order valence-electron chi connectivity index (χ4n) is 5.95. The van der Waals surface area contributed by atoms with Gasteiger partial charge in [0, 0.05) is 12.1 Å². The molecule has 1 fully saturated rings. The Hall–Kier alpha value is -2.99. The molecule has 3 aromatic carbocycles.